The van der Waals surface area contributed by atoms with Crippen molar-refractivity contribution >= 4 is 12.0 Å². The molecular formula is C13H25N3O4. The Kier molecular flexibility index (Phi) is 5.76. The van der Waals surface area contributed by atoms with Gasteiger partial charge in [-0.05, 0) is 33.9 Å². The van der Waals surface area contributed by atoms with Crippen LogP contribution in [0.3, 0.4) is 0 Å². The molecular weight excluding hydrogens is 262 g/mol. The topological polar surface area (TPSA) is 93.1 Å². The van der Waals surface area contributed by atoms with Gasteiger partial charge in [-0.1, -0.05) is 0 Å². The number of likely N-dealkylation sites (tertiary alicyclic amines) is 1. The SMILES string of the molecule is CN(C)C1CCN(C(=O)NCC(C)(O)CC(=O)O)CC1. The maximum Gasteiger partial charge on any atom is 0.317 e. The average molecular weight is 287 g/mol. The van der Waals surface area contributed by atoms with Crippen molar-refractivity contribution in [3.8, 4) is 0 Å². The Morgan fingerprint density at radius 3 is 2.35 bits per heavy atom. The minimum absolute atomic E-state index is 0.0637. The predicted molar refractivity (Wildman–Crippen MR) is 74.6 cm³/mol. The molecule has 0 spiro atoms. The lowest BCUT2D eigenvalue weighted by Gasteiger charge is -2.35. The molecule has 0 aliphatic carbocycles. The summed E-state index contributed by atoms with van der Waals surface area (Å²) < 4.78 is 0. The minimum Gasteiger partial charge on any atom is -0.481 e. The van der Waals surface area contributed by atoms with Gasteiger partial charge in [0.2, 0.25) is 0 Å². The number of carbonyl (C=O) groups is 2. The number of amides is 2. The van der Waals surface area contributed by atoms with E-state index in [1.165, 1.54) is 6.92 Å². The number of hydrogen-bond acceptors (Lipinski definition) is 4. The van der Waals surface area contributed by atoms with Gasteiger partial charge in [-0.2, -0.15) is 0 Å². The summed E-state index contributed by atoms with van der Waals surface area (Å²) in [6.45, 7) is 2.69. The molecule has 1 rings (SSSR count). The van der Waals surface area contributed by atoms with E-state index in [4.69, 9.17) is 5.11 Å². The van der Waals surface area contributed by atoms with Crippen LogP contribution in [0.1, 0.15) is 26.2 Å². The molecule has 1 atom stereocenters. The van der Waals surface area contributed by atoms with Gasteiger partial charge >= 0.3 is 12.0 Å². The Morgan fingerprint density at radius 1 is 1.35 bits per heavy atom. The van der Waals surface area contributed by atoms with Crippen molar-refractivity contribution in [2.45, 2.75) is 37.8 Å². The fourth-order valence-corrected chi connectivity index (χ4v) is 2.35. The first-order chi connectivity index (χ1) is 9.21. The molecule has 1 heterocycles. The van der Waals surface area contributed by atoms with Crippen LogP contribution in [0.25, 0.3) is 0 Å². The van der Waals surface area contributed by atoms with Gasteiger partial charge in [0.05, 0.1) is 12.0 Å². The van der Waals surface area contributed by atoms with E-state index in [0.717, 1.165) is 12.8 Å². The van der Waals surface area contributed by atoms with Gasteiger partial charge in [-0.3, -0.25) is 4.79 Å². The van der Waals surface area contributed by atoms with E-state index in [1.807, 2.05) is 14.1 Å². The third-order valence-corrected chi connectivity index (χ3v) is 3.63. The first-order valence-electron chi connectivity index (χ1n) is 6.84. The van der Waals surface area contributed by atoms with Crippen molar-refractivity contribution in [1.82, 2.24) is 15.1 Å². The van der Waals surface area contributed by atoms with Gasteiger partial charge in [0, 0.05) is 25.7 Å². The Morgan fingerprint density at radius 2 is 1.90 bits per heavy atom. The predicted octanol–water partition coefficient (Wildman–Crippen LogP) is -0.0523. The van der Waals surface area contributed by atoms with E-state index in [0.29, 0.717) is 19.1 Å². The van der Waals surface area contributed by atoms with Crippen LogP contribution in [0.4, 0.5) is 4.79 Å². The lowest BCUT2D eigenvalue weighted by Crippen LogP contribution is -2.51. The Hall–Kier alpha value is -1.34. The number of aliphatic carboxylic acids is 1. The van der Waals surface area contributed by atoms with Gasteiger partial charge in [0.15, 0.2) is 0 Å². The molecule has 20 heavy (non-hydrogen) atoms. The Bertz CT molecular complexity index is 350. The van der Waals surface area contributed by atoms with Crippen molar-refractivity contribution in [1.29, 1.82) is 0 Å². The van der Waals surface area contributed by atoms with Crippen molar-refractivity contribution in [3.05, 3.63) is 0 Å². The number of urea groups is 1. The number of nitrogens with zero attached hydrogens (tertiary/aromatic N) is 2. The molecule has 1 aliphatic heterocycles. The third kappa shape index (κ3) is 5.34. The van der Waals surface area contributed by atoms with Crippen LogP contribution in [0.15, 0.2) is 0 Å². The molecule has 0 aromatic carbocycles. The molecule has 2 amide bonds. The summed E-state index contributed by atoms with van der Waals surface area (Å²) in [6, 6.07) is 0.252. The first kappa shape index (κ1) is 16.7. The van der Waals surface area contributed by atoms with E-state index in [-0.39, 0.29) is 12.6 Å². The van der Waals surface area contributed by atoms with Gasteiger partial charge in [-0.15, -0.1) is 0 Å². The zero-order valence-electron chi connectivity index (χ0n) is 12.4. The monoisotopic (exact) mass is 287 g/mol. The lowest BCUT2D eigenvalue weighted by atomic mass is 10.0. The molecule has 3 N–H and O–H groups in total. The van der Waals surface area contributed by atoms with Crippen LogP contribution in [0.5, 0.6) is 0 Å². The normalized spacial score (nSPS) is 19.8. The van der Waals surface area contributed by atoms with Crippen LogP contribution in [-0.2, 0) is 4.79 Å². The fraction of sp³-hybridized carbons (Fsp3) is 0.846. The highest BCUT2D eigenvalue weighted by atomic mass is 16.4. The highest BCUT2D eigenvalue weighted by Gasteiger charge is 2.28. The number of nitrogens with one attached hydrogen (secondary N) is 1. The summed E-state index contributed by atoms with van der Waals surface area (Å²) in [5.74, 6) is -1.09. The smallest absolute Gasteiger partial charge is 0.317 e. The standard InChI is InChI=1S/C13H25N3O4/c1-13(20,8-11(17)18)9-14-12(19)16-6-4-10(5-7-16)15(2)3/h10,20H,4-9H2,1-3H3,(H,14,19)(H,17,18). The maximum atomic E-state index is 11.9. The number of aliphatic hydroxyl groups is 1. The van der Waals surface area contributed by atoms with E-state index < -0.39 is 18.0 Å². The van der Waals surface area contributed by atoms with Gasteiger partial charge in [-0.25, -0.2) is 4.79 Å². The average Bonchev–Trinajstić information content (AvgIpc) is 2.34. The summed E-state index contributed by atoms with van der Waals surface area (Å²) in [5.41, 5.74) is -1.43. The molecule has 1 fully saturated rings. The molecule has 0 saturated carbocycles. The summed E-state index contributed by atoms with van der Waals surface area (Å²) in [6.07, 6.45) is 1.45. The van der Waals surface area contributed by atoms with Gasteiger partial charge in [0.1, 0.15) is 0 Å². The molecule has 0 aromatic rings. The molecule has 7 nitrogen and oxygen atoms in total. The molecule has 7 heteroatoms. The number of carboxylic acids is 1. The zero-order valence-corrected chi connectivity index (χ0v) is 12.4. The molecule has 0 bridgehead atoms. The number of rotatable bonds is 5. The van der Waals surface area contributed by atoms with Crippen molar-refractivity contribution in [3.63, 3.8) is 0 Å². The largest absolute Gasteiger partial charge is 0.481 e. The van der Waals surface area contributed by atoms with Crippen molar-refractivity contribution in [2.75, 3.05) is 33.7 Å². The second kappa shape index (κ2) is 6.90. The maximum absolute atomic E-state index is 11.9. The summed E-state index contributed by atoms with van der Waals surface area (Å²) in [5, 5.41) is 21.1. The number of hydrogen-bond donors (Lipinski definition) is 3. The highest BCUT2D eigenvalue weighted by molar-refractivity contribution is 5.74. The van der Waals surface area contributed by atoms with E-state index in [1.54, 1.807) is 4.90 Å². The molecule has 0 radical (unpaired) electrons. The lowest BCUT2D eigenvalue weighted by molar-refractivity contribution is -0.141. The summed E-state index contributed by atoms with van der Waals surface area (Å²) in [7, 11) is 4.06. The van der Waals surface area contributed by atoms with Crippen molar-refractivity contribution < 1.29 is 19.8 Å². The van der Waals surface area contributed by atoms with Crippen LogP contribution < -0.4 is 5.32 Å². The van der Waals surface area contributed by atoms with Gasteiger partial charge in [0.25, 0.3) is 0 Å². The van der Waals surface area contributed by atoms with E-state index >= 15 is 0 Å². The first-order valence-corrected chi connectivity index (χ1v) is 6.84. The molecule has 1 unspecified atom stereocenters. The molecule has 1 saturated heterocycles. The number of piperidine rings is 1. The van der Waals surface area contributed by atoms with Crippen LogP contribution in [0, 0.1) is 0 Å². The molecule has 116 valence electrons. The number of carboxylic acid groups (broad SMARTS) is 1. The zero-order chi connectivity index (χ0) is 15.3. The molecule has 1 aliphatic rings. The summed E-state index contributed by atoms with van der Waals surface area (Å²) in [4.78, 5) is 26.4. The molecule has 0 aromatic heterocycles. The minimum atomic E-state index is -1.43. The van der Waals surface area contributed by atoms with Crippen molar-refractivity contribution in [2.24, 2.45) is 0 Å². The van der Waals surface area contributed by atoms with Crippen LogP contribution in [0.2, 0.25) is 0 Å². The second-order valence-corrected chi connectivity index (χ2v) is 5.91. The van der Waals surface area contributed by atoms with Crippen LogP contribution in [-0.4, -0.2) is 77.4 Å². The Balaban J connectivity index is 2.35. The fourth-order valence-electron chi connectivity index (χ4n) is 2.35. The van der Waals surface area contributed by atoms with E-state index in [2.05, 4.69) is 10.2 Å². The quantitative estimate of drug-likeness (QED) is 0.659. The van der Waals surface area contributed by atoms with Gasteiger partial charge < -0.3 is 25.3 Å². The van der Waals surface area contributed by atoms with Crippen LogP contribution >= 0.6 is 0 Å². The third-order valence-electron chi connectivity index (χ3n) is 3.63. The summed E-state index contributed by atoms with van der Waals surface area (Å²) >= 11 is 0. The Labute approximate surface area is 119 Å². The highest BCUT2D eigenvalue weighted by Crippen LogP contribution is 2.14. The van der Waals surface area contributed by atoms with E-state index in [9.17, 15) is 14.7 Å². The second-order valence-electron chi connectivity index (χ2n) is 5.91. The number of carbonyl (C=O) groups excluding carboxylic acids is 1.